The first-order valence-electron chi connectivity index (χ1n) is 13.4. The van der Waals surface area contributed by atoms with Crippen molar-refractivity contribution in [1.82, 2.24) is 15.3 Å². The first-order valence-corrected chi connectivity index (χ1v) is 14.8. The fourth-order valence-electron chi connectivity index (χ4n) is 4.53. The van der Waals surface area contributed by atoms with E-state index in [0.717, 1.165) is 18.4 Å². The van der Waals surface area contributed by atoms with Crippen molar-refractivity contribution in [3.8, 4) is 11.5 Å². The molecule has 0 spiro atoms. The van der Waals surface area contributed by atoms with E-state index in [-0.39, 0.29) is 17.6 Å². The molecule has 1 N–H and O–H groups in total. The topological polar surface area (TPSA) is 76.6 Å². The van der Waals surface area contributed by atoms with Crippen LogP contribution in [0.1, 0.15) is 29.0 Å². The largest absolute Gasteiger partial charge is 0.493 e. The van der Waals surface area contributed by atoms with Gasteiger partial charge in [-0.15, -0.1) is 0 Å². The molecule has 0 saturated heterocycles. The Morgan fingerprint density at radius 2 is 1.59 bits per heavy atom. The predicted molar refractivity (Wildman–Crippen MR) is 167 cm³/mol. The molecule has 4 rings (SSSR count). The molecule has 0 unspecified atom stereocenters. The number of carbonyl (C=O) groups is 1. The monoisotopic (exact) mass is 590 g/mol. The average Bonchev–Trinajstić information content (AvgIpc) is 3.01. The highest BCUT2D eigenvalue weighted by Crippen LogP contribution is 2.29. The molecule has 7 nitrogen and oxygen atoms in total. The lowest BCUT2D eigenvalue weighted by Gasteiger charge is -2.19. The molecule has 1 heterocycles. The molecule has 0 atom stereocenters. The van der Waals surface area contributed by atoms with Crippen molar-refractivity contribution in [3.63, 3.8) is 0 Å². The summed E-state index contributed by atoms with van der Waals surface area (Å²) in [5.41, 5.74) is 3.58. The number of benzene rings is 3. The Balaban J connectivity index is 1.29. The third-order valence-electron chi connectivity index (χ3n) is 6.73. The Kier molecular flexibility index (Phi) is 11.3. The zero-order chi connectivity index (χ0) is 29.0. The lowest BCUT2D eigenvalue weighted by Crippen LogP contribution is -2.27. The minimum atomic E-state index is -0.0678. The second-order valence-corrected chi connectivity index (χ2v) is 10.8. The maximum atomic E-state index is 12.7. The second kappa shape index (κ2) is 15.3. The molecule has 1 aromatic heterocycles. The summed E-state index contributed by atoms with van der Waals surface area (Å²) < 4.78 is 10.7. The van der Waals surface area contributed by atoms with Crippen LogP contribution in [0.3, 0.4) is 0 Å². The van der Waals surface area contributed by atoms with E-state index < -0.39 is 0 Å². The number of aromatic nitrogens is 2. The van der Waals surface area contributed by atoms with E-state index in [0.29, 0.717) is 40.7 Å². The number of halogens is 1. The molecule has 214 valence electrons. The van der Waals surface area contributed by atoms with Crippen LogP contribution in [0.4, 0.5) is 5.82 Å². The van der Waals surface area contributed by atoms with Crippen LogP contribution < -0.4 is 19.7 Å². The number of carbonyl (C=O) groups excluding carboxylic acids is 1. The van der Waals surface area contributed by atoms with Crippen LogP contribution in [-0.2, 0) is 11.2 Å². The zero-order valence-corrected chi connectivity index (χ0v) is 25.1. The lowest BCUT2D eigenvalue weighted by atomic mass is 9.88. The second-order valence-electron chi connectivity index (χ2n) is 9.49. The van der Waals surface area contributed by atoms with Gasteiger partial charge in [-0.1, -0.05) is 90.1 Å². The van der Waals surface area contributed by atoms with Crippen molar-refractivity contribution in [2.24, 2.45) is 0 Å². The van der Waals surface area contributed by atoms with Gasteiger partial charge in [0, 0.05) is 32.1 Å². The average molecular weight is 591 g/mol. The molecule has 3 aromatic carbocycles. The minimum absolute atomic E-state index is 0.0678. The SMILES string of the molecule is COc1ccc(CCN(C)c2cc(Cl)nc(SCC(=O)NCCC(c3ccccc3)c3ccccc3)n2)cc1OC. The summed E-state index contributed by atoms with van der Waals surface area (Å²) in [7, 11) is 5.20. The number of rotatable bonds is 14. The third kappa shape index (κ3) is 8.87. The van der Waals surface area contributed by atoms with Gasteiger partial charge in [0.05, 0.1) is 20.0 Å². The summed E-state index contributed by atoms with van der Waals surface area (Å²) in [5, 5.41) is 3.86. The number of anilines is 1. The highest BCUT2D eigenvalue weighted by molar-refractivity contribution is 7.99. The normalized spacial score (nSPS) is 10.9. The van der Waals surface area contributed by atoms with Gasteiger partial charge in [0.2, 0.25) is 5.91 Å². The van der Waals surface area contributed by atoms with Gasteiger partial charge in [0.25, 0.3) is 0 Å². The number of likely N-dealkylation sites (N-methyl/N-ethyl adjacent to an activating group) is 1. The van der Waals surface area contributed by atoms with E-state index in [1.54, 1.807) is 20.3 Å². The molecule has 0 aliphatic carbocycles. The summed E-state index contributed by atoms with van der Waals surface area (Å²) in [6, 6.07) is 28.4. The van der Waals surface area contributed by atoms with Crippen LogP contribution >= 0.6 is 23.4 Å². The van der Waals surface area contributed by atoms with Gasteiger partial charge >= 0.3 is 0 Å². The highest BCUT2D eigenvalue weighted by Gasteiger charge is 2.15. The summed E-state index contributed by atoms with van der Waals surface area (Å²) in [6.45, 7) is 1.27. The van der Waals surface area contributed by atoms with Crippen molar-refractivity contribution < 1.29 is 14.3 Å². The van der Waals surface area contributed by atoms with Gasteiger partial charge < -0.3 is 19.7 Å². The fourth-order valence-corrected chi connectivity index (χ4v) is 5.44. The van der Waals surface area contributed by atoms with Crippen LogP contribution in [0.2, 0.25) is 5.15 Å². The minimum Gasteiger partial charge on any atom is -0.493 e. The Morgan fingerprint density at radius 1 is 0.927 bits per heavy atom. The zero-order valence-electron chi connectivity index (χ0n) is 23.5. The van der Waals surface area contributed by atoms with E-state index in [9.17, 15) is 4.79 Å². The van der Waals surface area contributed by atoms with E-state index in [2.05, 4.69) is 39.6 Å². The van der Waals surface area contributed by atoms with E-state index >= 15 is 0 Å². The Morgan fingerprint density at radius 3 is 2.22 bits per heavy atom. The molecule has 41 heavy (non-hydrogen) atoms. The molecular formula is C32H35ClN4O3S. The number of methoxy groups -OCH3 is 2. The summed E-state index contributed by atoms with van der Waals surface area (Å²) in [6.07, 6.45) is 1.57. The van der Waals surface area contributed by atoms with Gasteiger partial charge in [0.15, 0.2) is 16.7 Å². The van der Waals surface area contributed by atoms with Gasteiger partial charge in [-0.25, -0.2) is 9.97 Å². The predicted octanol–water partition coefficient (Wildman–Crippen LogP) is 6.26. The Bertz CT molecular complexity index is 1370. The van der Waals surface area contributed by atoms with Gasteiger partial charge in [-0.05, 0) is 41.7 Å². The first-order chi connectivity index (χ1) is 20.0. The lowest BCUT2D eigenvalue weighted by molar-refractivity contribution is -0.118. The summed E-state index contributed by atoms with van der Waals surface area (Å²) in [5.74, 6) is 2.44. The van der Waals surface area contributed by atoms with Crippen molar-refractivity contribution >= 4 is 35.1 Å². The maximum Gasteiger partial charge on any atom is 0.230 e. The van der Waals surface area contributed by atoms with E-state index in [4.69, 9.17) is 21.1 Å². The molecule has 9 heteroatoms. The number of nitrogens with one attached hydrogen (secondary N) is 1. The van der Waals surface area contributed by atoms with Crippen molar-refractivity contribution in [2.75, 3.05) is 45.0 Å². The number of thioether (sulfide) groups is 1. The number of nitrogens with zero attached hydrogens (tertiary/aromatic N) is 3. The van der Waals surface area contributed by atoms with Crippen LogP contribution in [0.25, 0.3) is 0 Å². The van der Waals surface area contributed by atoms with Gasteiger partial charge in [0.1, 0.15) is 11.0 Å². The first kappa shape index (κ1) is 30.2. The molecule has 1 amide bonds. The van der Waals surface area contributed by atoms with E-state index in [1.165, 1.54) is 22.9 Å². The van der Waals surface area contributed by atoms with Crippen LogP contribution in [-0.4, -0.2) is 56.0 Å². The molecular weight excluding hydrogens is 556 g/mol. The molecule has 0 bridgehead atoms. The van der Waals surface area contributed by atoms with Crippen LogP contribution in [0, 0.1) is 0 Å². The van der Waals surface area contributed by atoms with Gasteiger partial charge in [-0.2, -0.15) is 0 Å². The third-order valence-corrected chi connectivity index (χ3v) is 7.77. The number of hydrogen-bond donors (Lipinski definition) is 1. The van der Waals surface area contributed by atoms with Crippen molar-refractivity contribution in [2.45, 2.75) is 23.9 Å². The highest BCUT2D eigenvalue weighted by atomic mass is 35.5. The van der Waals surface area contributed by atoms with Crippen molar-refractivity contribution in [3.05, 3.63) is 107 Å². The number of hydrogen-bond acceptors (Lipinski definition) is 7. The number of ether oxygens (including phenoxy) is 2. The standard InChI is InChI=1S/C32H35ClN4O3S/c1-37(19-17-23-14-15-27(39-2)28(20-23)40-3)30-21-29(33)35-32(36-30)41-22-31(38)34-18-16-26(24-10-6-4-7-11-24)25-12-8-5-9-13-25/h4-15,20-21,26H,16-19,22H2,1-3H3,(H,34,38). The Hall–Kier alpha value is -3.75. The molecule has 0 aliphatic heterocycles. The molecule has 0 fully saturated rings. The quantitative estimate of drug-likeness (QED) is 0.106. The molecule has 4 aromatic rings. The van der Waals surface area contributed by atoms with Crippen LogP contribution in [0.5, 0.6) is 11.5 Å². The summed E-state index contributed by atoms with van der Waals surface area (Å²) >= 11 is 7.59. The molecule has 0 saturated carbocycles. The fraction of sp³-hybridized carbons (Fsp3) is 0.281. The Labute approximate surface area is 251 Å². The molecule has 0 radical (unpaired) electrons. The van der Waals surface area contributed by atoms with E-state index in [1.807, 2.05) is 66.5 Å². The number of amides is 1. The van der Waals surface area contributed by atoms with Crippen LogP contribution in [0.15, 0.2) is 90.1 Å². The molecule has 0 aliphatic rings. The maximum absolute atomic E-state index is 12.7. The van der Waals surface area contributed by atoms with Gasteiger partial charge in [-0.3, -0.25) is 4.79 Å². The smallest absolute Gasteiger partial charge is 0.230 e. The summed E-state index contributed by atoms with van der Waals surface area (Å²) in [4.78, 5) is 23.6. The van der Waals surface area contributed by atoms with Crippen molar-refractivity contribution in [1.29, 1.82) is 0 Å².